The first-order valence-corrected chi connectivity index (χ1v) is 6.33. The zero-order chi connectivity index (χ0) is 13.7. The zero-order valence-corrected chi connectivity index (χ0v) is 11.3. The second-order valence-corrected chi connectivity index (χ2v) is 5.05. The van der Waals surface area contributed by atoms with Crippen LogP contribution in [0.5, 0.6) is 0 Å². The van der Waals surface area contributed by atoms with Crippen LogP contribution in [0.3, 0.4) is 0 Å². The summed E-state index contributed by atoms with van der Waals surface area (Å²) in [6.45, 7) is 2.85. The molecule has 1 aliphatic heterocycles. The third kappa shape index (κ3) is 3.87. The van der Waals surface area contributed by atoms with E-state index in [-0.39, 0.29) is 30.5 Å². The lowest BCUT2D eigenvalue weighted by molar-refractivity contribution is -0.127. The summed E-state index contributed by atoms with van der Waals surface area (Å²) in [7, 11) is 3.42. The summed E-state index contributed by atoms with van der Waals surface area (Å²) in [6, 6.07) is -0.292. The van der Waals surface area contributed by atoms with Gasteiger partial charge in [0.05, 0.1) is 12.5 Å². The Morgan fingerprint density at radius 1 is 1.50 bits per heavy atom. The van der Waals surface area contributed by atoms with E-state index in [1.807, 2.05) is 0 Å². The molecular weight excluding hydrogens is 234 g/mol. The largest absolute Gasteiger partial charge is 0.394 e. The average Bonchev–Trinajstić information content (AvgIpc) is 2.37. The van der Waals surface area contributed by atoms with Crippen molar-refractivity contribution in [2.45, 2.75) is 25.8 Å². The van der Waals surface area contributed by atoms with Crippen LogP contribution in [0.1, 0.15) is 19.8 Å². The molecule has 1 saturated heterocycles. The molecule has 6 nitrogen and oxygen atoms in total. The number of likely N-dealkylation sites (tertiary alicyclic amines) is 1. The van der Waals surface area contributed by atoms with Gasteiger partial charge in [-0.15, -0.1) is 0 Å². The van der Waals surface area contributed by atoms with Crippen LogP contribution in [0.2, 0.25) is 0 Å². The van der Waals surface area contributed by atoms with Crippen molar-refractivity contribution in [1.82, 2.24) is 15.1 Å². The molecule has 2 atom stereocenters. The molecule has 0 aromatic carbocycles. The summed E-state index contributed by atoms with van der Waals surface area (Å²) in [6.07, 6.45) is 1.63. The molecule has 1 heterocycles. The number of hydrogen-bond donors (Lipinski definition) is 2. The highest BCUT2D eigenvalue weighted by Crippen LogP contribution is 2.17. The summed E-state index contributed by atoms with van der Waals surface area (Å²) >= 11 is 0. The number of amides is 3. The van der Waals surface area contributed by atoms with Gasteiger partial charge in [-0.1, -0.05) is 0 Å². The molecule has 0 bridgehead atoms. The monoisotopic (exact) mass is 257 g/mol. The number of aliphatic hydroxyl groups is 1. The SMILES string of the molecule is C[C@@H](CO)NC(=O)C1CCCN(C(=O)N(C)C)C1. The van der Waals surface area contributed by atoms with Gasteiger partial charge in [-0.3, -0.25) is 4.79 Å². The first kappa shape index (κ1) is 14.8. The second-order valence-electron chi connectivity index (χ2n) is 5.05. The molecule has 6 heteroatoms. The maximum atomic E-state index is 11.9. The van der Waals surface area contributed by atoms with Crippen molar-refractivity contribution in [2.75, 3.05) is 33.8 Å². The Morgan fingerprint density at radius 2 is 2.17 bits per heavy atom. The lowest BCUT2D eigenvalue weighted by atomic mass is 9.97. The molecule has 0 radical (unpaired) electrons. The molecule has 1 rings (SSSR count). The zero-order valence-electron chi connectivity index (χ0n) is 11.3. The van der Waals surface area contributed by atoms with Crippen molar-refractivity contribution >= 4 is 11.9 Å². The van der Waals surface area contributed by atoms with Crippen molar-refractivity contribution in [3.8, 4) is 0 Å². The molecule has 0 saturated carbocycles. The van der Waals surface area contributed by atoms with E-state index in [0.29, 0.717) is 13.1 Å². The fourth-order valence-electron chi connectivity index (χ4n) is 2.05. The topological polar surface area (TPSA) is 72.9 Å². The molecule has 1 aliphatic rings. The summed E-state index contributed by atoms with van der Waals surface area (Å²) in [5.74, 6) is -0.246. The molecular formula is C12H23N3O3. The van der Waals surface area contributed by atoms with Gasteiger partial charge in [0.2, 0.25) is 5.91 Å². The normalized spacial score (nSPS) is 21.3. The fourth-order valence-corrected chi connectivity index (χ4v) is 2.05. The van der Waals surface area contributed by atoms with Gasteiger partial charge < -0.3 is 20.2 Å². The number of aliphatic hydroxyl groups excluding tert-OH is 1. The Hall–Kier alpha value is -1.30. The van der Waals surface area contributed by atoms with E-state index < -0.39 is 0 Å². The van der Waals surface area contributed by atoms with Gasteiger partial charge in [-0.05, 0) is 19.8 Å². The van der Waals surface area contributed by atoms with Gasteiger partial charge in [0, 0.05) is 33.2 Å². The molecule has 0 spiro atoms. The highest BCUT2D eigenvalue weighted by atomic mass is 16.3. The van der Waals surface area contributed by atoms with E-state index in [9.17, 15) is 9.59 Å². The lowest BCUT2D eigenvalue weighted by Crippen LogP contribution is -2.49. The third-order valence-corrected chi connectivity index (χ3v) is 3.11. The Kier molecular flexibility index (Phi) is 5.40. The molecule has 104 valence electrons. The lowest BCUT2D eigenvalue weighted by Gasteiger charge is -2.34. The van der Waals surface area contributed by atoms with Crippen LogP contribution in [-0.4, -0.2) is 66.7 Å². The summed E-state index contributed by atoms with van der Waals surface area (Å²) in [5.41, 5.74) is 0. The molecule has 0 aromatic heterocycles. The van der Waals surface area contributed by atoms with Crippen molar-refractivity contribution < 1.29 is 14.7 Å². The minimum atomic E-state index is -0.238. The first-order chi connectivity index (χ1) is 8.45. The number of rotatable bonds is 3. The summed E-state index contributed by atoms with van der Waals surface area (Å²) in [5, 5.41) is 11.7. The van der Waals surface area contributed by atoms with Crippen molar-refractivity contribution in [3.63, 3.8) is 0 Å². The quantitative estimate of drug-likeness (QED) is 0.740. The van der Waals surface area contributed by atoms with Gasteiger partial charge in [0.1, 0.15) is 0 Å². The third-order valence-electron chi connectivity index (χ3n) is 3.11. The van der Waals surface area contributed by atoms with Crippen molar-refractivity contribution in [3.05, 3.63) is 0 Å². The maximum Gasteiger partial charge on any atom is 0.319 e. The summed E-state index contributed by atoms with van der Waals surface area (Å²) < 4.78 is 0. The predicted octanol–water partition coefficient (Wildman–Crippen LogP) is -0.123. The van der Waals surface area contributed by atoms with Crippen molar-refractivity contribution in [1.29, 1.82) is 0 Å². The maximum absolute atomic E-state index is 11.9. The van der Waals surface area contributed by atoms with Gasteiger partial charge in [0.25, 0.3) is 0 Å². The van der Waals surface area contributed by atoms with E-state index >= 15 is 0 Å². The van der Waals surface area contributed by atoms with Crippen LogP contribution < -0.4 is 5.32 Å². The van der Waals surface area contributed by atoms with E-state index in [2.05, 4.69) is 5.32 Å². The Labute approximate surface area is 108 Å². The van der Waals surface area contributed by atoms with E-state index in [1.54, 1.807) is 25.9 Å². The van der Waals surface area contributed by atoms with Gasteiger partial charge in [-0.2, -0.15) is 0 Å². The van der Waals surface area contributed by atoms with Crippen LogP contribution >= 0.6 is 0 Å². The second kappa shape index (κ2) is 6.58. The molecule has 0 aliphatic carbocycles. The molecule has 2 N–H and O–H groups in total. The average molecular weight is 257 g/mol. The fraction of sp³-hybridized carbons (Fsp3) is 0.833. The standard InChI is InChI=1S/C12H23N3O3/c1-9(8-16)13-11(17)10-5-4-6-15(7-10)12(18)14(2)3/h9-10,16H,4-8H2,1-3H3,(H,13,17)/t9-,10?/m0/s1. The Balaban J connectivity index is 2.53. The molecule has 3 amide bonds. The van der Waals surface area contributed by atoms with Crippen LogP contribution in [0.4, 0.5) is 4.79 Å². The molecule has 0 aromatic rings. The highest BCUT2D eigenvalue weighted by Gasteiger charge is 2.29. The number of piperidine rings is 1. The number of carbonyl (C=O) groups is 2. The number of nitrogens with zero attached hydrogens (tertiary/aromatic N) is 2. The Morgan fingerprint density at radius 3 is 2.72 bits per heavy atom. The summed E-state index contributed by atoms with van der Waals surface area (Å²) in [4.78, 5) is 27.0. The van der Waals surface area contributed by atoms with Crippen LogP contribution in [-0.2, 0) is 4.79 Å². The van der Waals surface area contributed by atoms with Crippen LogP contribution in [0.25, 0.3) is 0 Å². The molecule has 18 heavy (non-hydrogen) atoms. The van der Waals surface area contributed by atoms with E-state index in [4.69, 9.17) is 5.11 Å². The highest BCUT2D eigenvalue weighted by molar-refractivity contribution is 5.81. The Bertz CT molecular complexity index is 307. The van der Waals surface area contributed by atoms with Gasteiger partial charge in [0.15, 0.2) is 0 Å². The van der Waals surface area contributed by atoms with Crippen LogP contribution in [0.15, 0.2) is 0 Å². The predicted molar refractivity (Wildman–Crippen MR) is 68.1 cm³/mol. The molecule has 1 unspecified atom stereocenters. The number of carbonyl (C=O) groups excluding carboxylic acids is 2. The first-order valence-electron chi connectivity index (χ1n) is 6.33. The van der Waals surface area contributed by atoms with Crippen molar-refractivity contribution in [2.24, 2.45) is 5.92 Å². The number of hydrogen-bond acceptors (Lipinski definition) is 3. The van der Waals surface area contributed by atoms with Crippen LogP contribution in [0, 0.1) is 5.92 Å². The van der Waals surface area contributed by atoms with E-state index in [0.717, 1.165) is 12.8 Å². The van der Waals surface area contributed by atoms with Gasteiger partial charge >= 0.3 is 6.03 Å². The molecule has 1 fully saturated rings. The number of urea groups is 1. The van der Waals surface area contributed by atoms with Gasteiger partial charge in [-0.25, -0.2) is 4.79 Å². The smallest absolute Gasteiger partial charge is 0.319 e. The van der Waals surface area contributed by atoms with E-state index in [1.165, 1.54) is 4.90 Å². The number of nitrogens with one attached hydrogen (secondary N) is 1. The minimum Gasteiger partial charge on any atom is -0.394 e. The minimum absolute atomic E-state index is 0.0530.